The molecule has 0 spiro atoms. The van der Waals surface area contributed by atoms with E-state index in [9.17, 15) is 0 Å². The predicted octanol–water partition coefficient (Wildman–Crippen LogP) is 1.31. The zero-order valence-corrected chi connectivity index (χ0v) is 15.7. The van der Waals surface area contributed by atoms with Gasteiger partial charge < -0.3 is 19.5 Å². The van der Waals surface area contributed by atoms with Crippen LogP contribution in [0.2, 0.25) is 0 Å². The van der Waals surface area contributed by atoms with Crippen LogP contribution in [0.4, 0.5) is 11.8 Å². The van der Waals surface area contributed by atoms with Gasteiger partial charge in [-0.2, -0.15) is 4.98 Å². The van der Waals surface area contributed by atoms with E-state index >= 15 is 0 Å². The van der Waals surface area contributed by atoms with Gasteiger partial charge in [0.25, 0.3) is 0 Å². The van der Waals surface area contributed by atoms with Crippen molar-refractivity contribution in [3.8, 4) is 0 Å². The van der Waals surface area contributed by atoms with Gasteiger partial charge in [-0.05, 0) is 18.6 Å². The normalized spacial score (nSPS) is 18.5. The number of aromatic nitrogens is 3. The highest BCUT2D eigenvalue weighted by atomic mass is 16.5. The Kier molecular flexibility index (Phi) is 5.08. The van der Waals surface area contributed by atoms with Crippen molar-refractivity contribution < 1.29 is 4.74 Å². The molecule has 1 saturated heterocycles. The van der Waals surface area contributed by atoms with Crippen molar-refractivity contribution in [3.05, 3.63) is 35.3 Å². The van der Waals surface area contributed by atoms with E-state index in [0.29, 0.717) is 0 Å². The van der Waals surface area contributed by atoms with E-state index in [-0.39, 0.29) is 0 Å². The lowest BCUT2D eigenvalue weighted by atomic mass is 10.1. The lowest BCUT2D eigenvalue weighted by Gasteiger charge is -2.29. The molecule has 0 bridgehead atoms. The smallest absolute Gasteiger partial charge is 0.227 e. The highest BCUT2D eigenvalue weighted by Gasteiger charge is 2.23. The van der Waals surface area contributed by atoms with Crippen molar-refractivity contribution in [2.45, 2.75) is 19.4 Å². The highest BCUT2D eigenvalue weighted by Crippen LogP contribution is 2.27. The van der Waals surface area contributed by atoms with Crippen LogP contribution >= 0.6 is 0 Å². The Labute approximate surface area is 155 Å². The summed E-state index contributed by atoms with van der Waals surface area (Å²) >= 11 is 0. The molecule has 0 atom stereocenters. The predicted molar refractivity (Wildman–Crippen MR) is 103 cm³/mol. The minimum atomic E-state index is 0.752. The maximum Gasteiger partial charge on any atom is 0.227 e. The van der Waals surface area contributed by atoms with Gasteiger partial charge in [0.1, 0.15) is 5.82 Å². The Morgan fingerprint density at radius 3 is 2.65 bits per heavy atom. The minimum Gasteiger partial charge on any atom is -0.378 e. The first-order chi connectivity index (χ1) is 12.7. The van der Waals surface area contributed by atoms with Crippen LogP contribution in [0.25, 0.3) is 0 Å². The van der Waals surface area contributed by atoms with E-state index in [0.717, 1.165) is 70.5 Å². The Hall–Kier alpha value is -2.12. The molecule has 2 aromatic rings. The third kappa shape index (κ3) is 3.68. The molecular formula is C19H28N6O. The average molecular weight is 356 g/mol. The molecule has 140 valence electrons. The Balaban J connectivity index is 1.58. The summed E-state index contributed by atoms with van der Waals surface area (Å²) in [7, 11) is 4.15. The number of fused-ring (bicyclic) bond motifs is 1. The summed E-state index contributed by atoms with van der Waals surface area (Å²) in [5, 5.41) is 0. The van der Waals surface area contributed by atoms with Crippen molar-refractivity contribution in [3.63, 3.8) is 0 Å². The topological polar surface area (TPSA) is 60.5 Å². The first-order valence-corrected chi connectivity index (χ1v) is 9.45. The number of H-pyrrole nitrogens is 1. The molecule has 1 fully saturated rings. The minimum absolute atomic E-state index is 0.752. The number of aromatic amines is 1. The second kappa shape index (κ2) is 7.63. The molecule has 2 aromatic heterocycles. The Morgan fingerprint density at radius 1 is 1.12 bits per heavy atom. The molecule has 7 nitrogen and oxygen atoms in total. The van der Waals surface area contributed by atoms with Crippen molar-refractivity contribution in [2.24, 2.45) is 0 Å². The summed E-state index contributed by atoms with van der Waals surface area (Å²) in [5.74, 6) is 1.92. The number of nitrogens with zero attached hydrogens (tertiary/aromatic N) is 5. The fourth-order valence-corrected chi connectivity index (χ4v) is 3.75. The molecule has 7 heteroatoms. The van der Waals surface area contributed by atoms with Gasteiger partial charge in [-0.3, -0.25) is 4.90 Å². The molecule has 4 rings (SSSR count). The quantitative estimate of drug-likeness (QED) is 0.891. The average Bonchev–Trinajstić information content (AvgIpc) is 3.09. The second-order valence-corrected chi connectivity index (χ2v) is 7.24. The zero-order chi connectivity index (χ0) is 17.9. The second-order valence-electron chi connectivity index (χ2n) is 7.24. The van der Waals surface area contributed by atoms with Gasteiger partial charge in [-0.1, -0.05) is 0 Å². The molecule has 0 saturated carbocycles. The van der Waals surface area contributed by atoms with Crippen LogP contribution < -0.4 is 9.80 Å². The van der Waals surface area contributed by atoms with Crippen LogP contribution in [-0.4, -0.2) is 73.3 Å². The van der Waals surface area contributed by atoms with E-state index in [1.54, 1.807) is 0 Å². The molecule has 0 unspecified atom stereocenters. The largest absolute Gasteiger partial charge is 0.378 e. The van der Waals surface area contributed by atoms with Crippen LogP contribution in [0, 0.1) is 0 Å². The number of morpholine rings is 1. The third-order valence-electron chi connectivity index (χ3n) is 5.18. The van der Waals surface area contributed by atoms with Gasteiger partial charge in [0.2, 0.25) is 5.95 Å². The Morgan fingerprint density at radius 2 is 1.92 bits per heavy atom. The van der Waals surface area contributed by atoms with E-state index in [4.69, 9.17) is 14.7 Å². The van der Waals surface area contributed by atoms with Gasteiger partial charge in [0.05, 0.1) is 18.9 Å². The summed E-state index contributed by atoms with van der Waals surface area (Å²) in [6, 6.07) is 4.21. The number of anilines is 2. The summed E-state index contributed by atoms with van der Waals surface area (Å²) in [5.41, 5.74) is 3.78. The van der Waals surface area contributed by atoms with Crippen LogP contribution in [0.1, 0.15) is 17.0 Å². The van der Waals surface area contributed by atoms with Crippen LogP contribution in [-0.2, 0) is 24.1 Å². The van der Waals surface area contributed by atoms with Gasteiger partial charge in [-0.25, -0.2) is 4.98 Å². The van der Waals surface area contributed by atoms with E-state index in [1.807, 2.05) is 6.20 Å². The maximum atomic E-state index is 5.48. The van der Waals surface area contributed by atoms with Crippen molar-refractivity contribution >= 4 is 11.8 Å². The molecule has 4 heterocycles. The zero-order valence-electron chi connectivity index (χ0n) is 15.7. The molecule has 2 aliphatic heterocycles. The molecule has 0 aromatic carbocycles. The first kappa shape index (κ1) is 17.3. The lowest BCUT2D eigenvalue weighted by Crippen LogP contribution is -2.38. The first-order valence-electron chi connectivity index (χ1n) is 9.45. The number of hydrogen-bond donors (Lipinski definition) is 1. The summed E-state index contributed by atoms with van der Waals surface area (Å²) < 4.78 is 5.48. The Bertz CT molecular complexity index is 724. The molecule has 2 aliphatic rings. The van der Waals surface area contributed by atoms with E-state index < -0.39 is 0 Å². The highest BCUT2D eigenvalue weighted by molar-refractivity contribution is 5.53. The van der Waals surface area contributed by atoms with Gasteiger partial charge in [0, 0.05) is 70.7 Å². The van der Waals surface area contributed by atoms with Crippen LogP contribution in [0.5, 0.6) is 0 Å². The van der Waals surface area contributed by atoms with Crippen molar-refractivity contribution in [2.75, 3.05) is 63.3 Å². The number of ether oxygens (including phenoxy) is 1. The van der Waals surface area contributed by atoms with Gasteiger partial charge >= 0.3 is 0 Å². The molecule has 0 amide bonds. The molecule has 0 radical (unpaired) electrons. The lowest BCUT2D eigenvalue weighted by molar-refractivity contribution is 0.122. The maximum absolute atomic E-state index is 5.48. The third-order valence-corrected chi connectivity index (χ3v) is 5.18. The van der Waals surface area contributed by atoms with Crippen LogP contribution in [0.3, 0.4) is 0 Å². The number of hydrogen-bond acceptors (Lipinski definition) is 6. The fraction of sp³-hybridized carbons (Fsp3) is 0.579. The molecular weight excluding hydrogens is 328 g/mol. The van der Waals surface area contributed by atoms with Crippen LogP contribution in [0.15, 0.2) is 18.3 Å². The number of nitrogens with one attached hydrogen (secondary N) is 1. The van der Waals surface area contributed by atoms with Crippen molar-refractivity contribution in [1.29, 1.82) is 0 Å². The van der Waals surface area contributed by atoms with E-state index in [1.165, 1.54) is 17.0 Å². The SMILES string of the molecule is CN(C)c1nc(N2CCOCC2)nc2c1CCN(Cc1ccc[nH]1)CC2. The summed E-state index contributed by atoms with van der Waals surface area (Å²) in [6.45, 7) is 6.26. The van der Waals surface area contributed by atoms with Gasteiger partial charge in [-0.15, -0.1) is 0 Å². The summed E-state index contributed by atoms with van der Waals surface area (Å²) in [4.78, 5) is 20.1. The van der Waals surface area contributed by atoms with E-state index in [2.05, 4.69) is 45.9 Å². The molecule has 26 heavy (non-hydrogen) atoms. The van der Waals surface area contributed by atoms with Crippen molar-refractivity contribution in [1.82, 2.24) is 19.9 Å². The number of rotatable bonds is 4. The monoisotopic (exact) mass is 356 g/mol. The standard InChI is InChI=1S/C19H28N6O/c1-23(2)18-16-5-8-24(14-15-4-3-7-20-15)9-6-17(16)21-19(22-18)25-10-12-26-13-11-25/h3-4,7,20H,5-6,8-14H2,1-2H3. The molecule has 1 N–H and O–H groups in total. The summed E-state index contributed by atoms with van der Waals surface area (Å²) in [6.07, 6.45) is 3.95. The molecule has 0 aliphatic carbocycles. The van der Waals surface area contributed by atoms with Gasteiger partial charge in [0.15, 0.2) is 0 Å². The fourth-order valence-electron chi connectivity index (χ4n) is 3.75.